The van der Waals surface area contributed by atoms with Gasteiger partial charge >= 0.3 is 5.69 Å². The van der Waals surface area contributed by atoms with Crippen molar-refractivity contribution in [1.82, 2.24) is 10.3 Å². The molecule has 2 N–H and O–H groups in total. The first-order valence-corrected chi connectivity index (χ1v) is 6.17. The van der Waals surface area contributed by atoms with Gasteiger partial charge in [-0.15, -0.1) is 0 Å². The Morgan fingerprint density at radius 1 is 1.33 bits per heavy atom. The normalized spacial score (nSPS) is 11.7. The average molecular weight is 287 g/mol. The van der Waals surface area contributed by atoms with E-state index < -0.39 is 22.3 Å². The SMILES string of the molecule is CC(NC(=O)c1ccc([N+](=O)[O-])c(O)c1)c1ccncc1. The van der Waals surface area contributed by atoms with E-state index in [1.54, 1.807) is 31.5 Å². The Hall–Kier alpha value is -2.96. The van der Waals surface area contributed by atoms with Crippen molar-refractivity contribution >= 4 is 11.6 Å². The highest BCUT2D eigenvalue weighted by Gasteiger charge is 2.17. The zero-order chi connectivity index (χ0) is 15.4. The molecule has 108 valence electrons. The molecule has 21 heavy (non-hydrogen) atoms. The van der Waals surface area contributed by atoms with Crippen LogP contribution in [0.25, 0.3) is 0 Å². The maximum atomic E-state index is 12.1. The quantitative estimate of drug-likeness (QED) is 0.662. The highest BCUT2D eigenvalue weighted by Crippen LogP contribution is 2.26. The molecule has 1 unspecified atom stereocenters. The molecule has 7 heteroatoms. The minimum Gasteiger partial charge on any atom is -0.502 e. The lowest BCUT2D eigenvalue weighted by Crippen LogP contribution is -2.26. The molecule has 1 heterocycles. The van der Waals surface area contributed by atoms with Gasteiger partial charge in [0.25, 0.3) is 5.91 Å². The van der Waals surface area contributed by atoms with E-state index in [1.165, 1.54) is 6.07 Å². The minimum atomic E-state index is -0.712. The second-order valence-corrected chi connectivity index (χ2v) is 4.44. The van der Waals surface area contributed by atoms with Crippen LogP contribution in [0.3, 0.4) is 0 Å². The van der Waals surface area contributed by atoms with E-state index in [2.05, 4.69) is 10.3 Å². The summed E-state index contributed by atoms with van der Waals surface area (Å²) in [6.45, 7) is 1.80. The van der Waals surface area contributed by atoms with Crippen molar-refractivity contribution in [2.45, 2.75) is 13.0 Å². The van der Waals surface area contributed by atoms with Gasteiger partial charge in [-0.1, -0.05) is 0 Å². The highest BCUT2D eigenvalue weighted by molar-refractivity contribution is 5.95. The molecule has 0 radical (unpaired) electrons. The number of benzene rings is 1. The van der Waals surface area contributed by atoms with E-state index in [1.807, 2.05) is 0 Å². The van der Waals surface area contributed by atoms with Crippen LogP contribution in [0.4, 0.5) is 5.69 Å². The Kier molecular flexibility index (Phi) is 4.13. The zero-order valence-corrected chi connectivity index (χ0v) is 11.2. The molecule has 1 amide bonds. The lowest BCUT2D eigenvalue weighted by atomic mass is 10.1. The van der Waals surface area contributed by atoms with E-state index in [9.17, 15) is 20.0 Å². The van der Waals surface area contributed by atoms with Gasteiger partial charge in [-0.25, -0.2) is 0 Å². The number of hydrogen-bond donors (Lipinski definition) is 2. The summed E-state index contributed by atoms with van der Waals surface area (Å²) >= 11 is 0. The summed E-state index contributed by atoms with van der Waals surface area (Å²) in [5, 5.41) is 22.9. The lowest BCUT2D eigenvalue weighted by molar-refractivity contribution is -0.385. The van der Waals surface area contributed by atoms with Crippen LogP contribution in [0, 0.1) is 10.1 Å². The molecule has 0 bridgehead atoms. The van der Waals surface area contributed by atoms with Crippen LogP contribution in [-0.4, -0.2) is 20.9 Å². The van der Waals surface area contributed by atoms with Crippen LogP contribution < -0.4 is 5.32 Å². The van der Waals surface area contributed by atoms with Gasteiger partial charge < -0.3 is 10.4 Å². The number of hydrogen-bond acceptors (Lipinski definition) is 5. The smallest absolute Gasteiger partial charge is 0.310 e. The van der Waals surface area contributed by atoms with Gasteiger partial charge in [0.2, 0.25) is 0 Å². The first-order chi connectivity index (χ1) is 9.99. The van der Waals surface area contributed by atoms with Crippen molar-refractivity contribution in [2.75, 3.05) is 0 Å². The highest BCUT2D eigenvalue weighted by atomic mass is 16.6. The minimum absolute atomic E-state index is 0.152. The summed E-state index contributed by atoms with van der Waals surface area (Å²) < 4.78 is 0. The van der Waals surface area contributed by atoms with Crippen LogP contribution in [0.2, 0.25) is 0 Å². The molecule has 0 saturated heterocycles. The fourth-order valence-electron chi connectivity index (χ4n) is 1.83. The molecule has 0 aliphatic carbocycles. The number of phenols is 1. The number of aromatic hydroxyl groups is 1. The molecule has 1 aromatic heterocycles. The van der Waals surface area contributed by atoms with Gasteiger partial charge in [0.05, 0.1) is 11.0 Å². The Balaban J connectivity index is 2.14. The summed E-state index contributed by atoms with van der Waals surface area (Å²) in [7, 11) is 0. The van der Waals surface area contributed by atoms with Crippen LogP contribution in [0.5, 0.6) is 5.75 Å². The first kappa shape index (κ1) is 14.4. The molecule has 0 fully saturated rings. The van der Waals surface area contributed by atoms with Crippen molar-refractivity contribution in [3.8, 4) is 5.75 Å². The topological polar surface area (TPSA) is 105 Å². The monoisotopic (exact) mass is 287 g/mol. The number of carbonyl (C=O) groups excluding carboxylic acids is 1. The molecule has 1 aromatic carbocycles. The van der Waals surface area contributed by atoms with E-state index in [4.69, 9.17) is 0 Å². The van der Waals surface area contributed by atoms with Gasteiger partial charge in [0.15, 0.2) is 5.75 Å². The third kappa shape index (κ3) is 3.33. The molecule has 0 saturated carbocycles. The van der Waals surface area contributed by atoms with Crippen LogP contribution >= 0.6 is 0 Å². The second kappa shape index (κ2) is 6.00. The molecule has 0 aliphatic heterocycles. The van der Waals surface area contributed by atoms with E-state index >= 15 is 0 Å². The van der Waals surface area contributed by atoms with Crippen molar-refractivity contribution in [1.29, 1.82) is 0 Å². The van der Waals surface area contributed by atoms with Crippen LogP contribution in [0.1, 0.15) is 28.9 Å². The number of pyridine rings is 1. The summed E-state index contributed by atoms with van der Waals surface area (Å²) in [6.07, 6.45) is 3.24. The molecule has 1 atom stereocenters. The summed E-state index contributed by atoms with van der Waals surface area (Å²) in [5.41, 5.74) is 0.595. The Morgan fingerprint density at radius 3 is 2.57 bits per heavy atom. The molecular formula is C14H13N3O4. The van der Waals surface area contributed by atoms with Crippen LogP contribution in [-0.2, 0) is 0 Å². The van der Waals surface area contributed by atoms with Crippen molar-refractivity contribution < 1.29 is 14.8 Å². The molecule has 2 rings (SSSR count). The molecular weight excluding hydrogens is 274 g/mol. The maximum Gasteiger partial charge on any atom is 0.310 e. The Bertz CT molecular complexity index is 673. The summed E-state index contributed by atoms with van der Waals surface area (Å²) in [6, 6.07) is 6.77. The largest absolute Gasteiger partial charge is 0.502 e. The molecule has 7 nitrogen and oxygen atoms in total. The number of aromatic nitrogens is 1. The van der Waals surface area contributed by atoms with E-state index in [0.29, 0.717) is 0 Å². The summed E-state index contributed by atoms with van der Waals surface area (Å²) in [5.74, 6) is -0.964. The lowest BCUT2D eigenvalue weighted by Gasteiger charge is -2.14. The third-order valence-electron chi connectivity index (χ3n) is 2.99. The number of rotatable bonds is 4. The summed E-state index contributed by atoms with van der Waals surface area (Å²) in [4.78, 5) is 25.8. The number of carbonyl (C=O) groups is 1. The molecule has 2 aromatic rings. The Morgan fingerprint density at radius 2 is 2.00 bits per heavy atom. The van der Waals surface area contributed by atoms with Gasteiger partial charge in [0, 0.05) is 24.0 Å². The predicted molar refractivity (Wildman–Crippen MR) is 74.9 cm³/mol. The van der Waals surface area contributed by atoms with Crippen LogP contribution in [0.15, 0.2) is 42.7 Å². The number of nitro benzene ring substituents is 1. The first-order valence-electron chi connectivity index (χ1n) is 6.17. The third-order valence-corrected chi connectivity index (χ3v) is 2.99. The second-order valence-electron chi connectivity index (χ2n) is 4.44. The van der Waals surface area contributed by atoms with E-state index in [0.717, 1.165) is 17.7 Å². The van der Waals surface area contributed by atoms with Gasteiger partial charge in [-0.05, 0) is 36.8 Å². The average Bonchev–Trinajstić information content (AvgIpc) is 2.47. The van der Waals surface area contributed by atoms with Crippen molar-refractivity contribution in [2.24, 2.45) is 0 Å². The van der Waals surface area contributed by atoms with E-state index in [-0.39, 0.29) is 11.6 Å². The number of nitrogens with zero attached hydrogens (tertiary/aromatic N) is 2. The fourth-order valence-corrected chi connectivity index (χ4v) is 1.83. The van der Waals surface area contributed by atoms with Gasteiger partial charge in [-0.2, -0.15) is 0 Å². The molecule has 0 spiro atoms. The standard InChI is InChI=1S/C14H13N3O4/c1-9(10-4-6-15-7-5-10)16-14(19)11-2-3-12(17(20)21)13(18)8-11/h2-9,18H,1H3,(H,16,19). The zero-order valence-electron chi connectivity index (χ0n) is 11.2. The Labute approximate surface area is 120 Å². The fraction of sp³-hybridized carbons (Fsp3) is 0.143. The number of amides is 1. The van der Waals surface area contributed by atoms with Crippen molar-refractivity contribution in [3.63, 3.8) is 0 Å². The maximum absolute atomic E-state index is 12.1. The molecule has 0 aliphatic rings. The van der Waals surface area contributed by atoms with Gasteiger partial charge in [-0.3, -0.25) is 19.9 Å². The van der Waals surface area contributed by atoms with Crippen molar-refractivity contribution in [3.05, 3.63) is 64.0 Å². The predicted octanol–water partition coefficient (Wildman–Crippen LogP) is 2.19. The van der Waals surface area contributed by atoms with Gasteiger partial charge in [0.1, 0.15) is 0 Å². The number of phenolic OH excluding ortho intramolecular Hbond substituents is 1. The number of nitro groups is 1. The number of nitrogens with one attached hydrogen (secondary N) is 1.